The third kappa shape index (κ3) is 30.6. The summed E-state index contributed by atoms with van der Waals surface area (Å²) in [5, 5.41) is 0. The fraction of sp³-hybridized carbons (Fsp3) is 0.519. The van der Waals surface area contributed by atoms with Gasteiger partial charge in [-0.2, -0.15) is 0 Å². The van der Waals surface area contributed by atoms with Gasteiger partial charge in [0.25, 0.3) is 0 Å². The van der Waals surface area contributed by atoms with E-state index in [-0.39, 0.29) is 72.7 Å². The summed E-state index contributed by atoms with van der Waals surface area (Å²) in [6.07, 6.45) is 28.1. The smallest absolute Gasteiger partial charge is 0.331 e. The van der Waals surface area contributed by atoms with Gasteiger partial charge in [0.05, 0.1) is 19.8 Å². The predicted molar refractivity (Wildman–Crippen MR) is 382 cm³/mol. The van der Waals surface area contributed by atoms with Gasteiger partial charge in [-0.25, -0.2) is 33.6 Å². The van der Waals surface area contributed by atoms with E-state index in [2.05, 4.69) is 82.8 Å². The first kappa shape index (κ1) is 81.0. The van der Waals surface area contributed by atoms with Gasteiger partial charge in [-0.1, -0.05) is 160 Å². The number of carbonyl (C=O) groups excluding carboxylic acids is 7. The van der Waals surface area contributed by atoms with Gasteiger partial charge in [-0.3, -0.25) is 0 Å². The zero-order valence-electron chi connectivity index (χ0n) is 60.0. The number of fused-ring (bicyclic) bond motifs is 8. The maximum Gasteiger partial charge on any atom is 0.331 e. The lowest BCUT2D eigenvalue weighted by Crippen LogP contribution is -2.16. The van der Waals surface area contributed by atoms with E-state index in [0.29, 0.717) is 48.7 Å². The second-order valence-corrected chi connectivity index (χ2v) is 24.4. The summed E-state index contributed by atoms with van der Waals surface area (Å²) in [6, 6.07) is 17.7. The van der Waals surface area contributed by atoms with Crippen LogP contribution in [-0.2, 0) is 118 Å². The van der Waals surface area contributed by atoms with Crippen LogP contribution in [0.5, 0.6) is 23.0 Å². The normalized spacial score (nSPS) is 11.9. The van der Waals surface area contributed by atoms with Crippen LogP contribution in [-0.4, -0.2) is 114 Å². The van der Waals surface area contributed by atoms with Crippen LogP contribution >= 0.6 is 0 Å². The molecule has 4 aromatic rings. The molecular weight excluding hydrogens is 1260 g/mol. The molecule has 0 N–H and O–H groups in total. The first-order valence-corrected chi connectivity index (χ1v) is 36.1. The second-order valence-electron chi connectivity index (χ2n) is 24.4. The molecule has 0 aromatic heterocycles. The van der Waals surface area contributed by atoms with Crippen LogP contribution in [0.25, 0.3) is 0 Å². The number of rotatable bonds is 46. The molecule has 4 aromatic carbocycles. The minimum absolute atomic E-state index is 0.0151. The molecule has 0 radical (unpaired) electrons. The monoisotopic (exact) mass is 1370 g/mol. The van der Waals surface area contributed by atoms with Gasteiger partial charge in [-0.15, -0.1) is 0 Å². The molecule has 0 spiro atoms. The van der Waals surface area contributed by atoms with Gasteiger partial charge < -0.3 is 52.1 Å². The van der Waals surface area contributed by atoms with Gasteiger partial charge in [0, 0.05) is 68.2 Å². The SMILES string of the molecule is C=CC(=O)OCCOc1c2cc(CCCCCC)cc1Cc1cc(CCCCCC)cc(c1OCCOC(=O)/C=C\C(=O)OCC)Cc1cc(CCCCCC)cc(c1OCCOC(=O)/C=C\C(=O)OCC)Cc1cc(CCCCCC)cc(c1OCCOC(=O)/C=C\C(=O)OCC)C2. The summed E-state index contributed by atoms with van der Waals surface area (Å²) in [7, 11) is 0. The zero-order chi connectivity index (χ0) is 71.4. The van der Waals surface area contributed by atoms with Gasteiger partial charge in [-0.05, 0) is 139 Å². The molecule has 1 aliphatic carbocycles. The second kappa shape index (κ2) is 47.3. The van der Waals surface area contributed by atoms with Crippen LogP contribution in [0.4, 0.5) is 0 Å². The lowest BCUT2D eigenvalue weighted by Gasteiger charge is -2.25. The third-order valence-corrected chi connectivity index (χ3v) is 16.4. The lowest BCUT2D eigenvalue weighted by molar-refractivity contribution is -0.140. The van der Waals surface area contributed by atoms with Crippen LogP contribution in [0.1, 0.15) is 218 Å². The minimum Gasteiger partial charge on any atom is -0.489 e. The summed E-state index contributed by atoms with van der Waals surface area (Å²) >= 11 is 0. The zero-order valence-corrected chi connectivity index (χ0v) is 60.0. The first-order chi connectivity index (χ1) is 48.1. The summed E-state index contributed by atoms with van der Waals surface area (Å²) < 4.78 is 65.4. The van der Waals surface area contributed by atoms with E-state index in [0.717, 1.165) is 238 Å². The number of benzene rings is 4. The van der Waals surface area contributed by atoms with Crippen LogP contribution in [0, 0.1) is 0 Å². The van der Waals surface area contributed by atoms with E-state index in [1.165, 1.54) is 0 Å². The number of unbranched alkanes of at least 4 members (excludes halogenated alkanes) is 12. The maximum absolute atomic E-state index is 13.1. The summed E-state index contributed by atoms with van der Waals surface area (Å²) in [6.45, 7) is 17.2. The van der Waals surface area contributed by atoms with Crippen molar-refractivity contribution in [3.05, 3.63) is 164 Å². The molecule has 18 nitrogen and oxygen atoms in total. The number of carbonyl (C=O) groups is 7. The number of esters is 7. The summed E-state index contributed by atoms with van der Waals surface area (Å²) in [5.74, 6) is -2.49. The molecule has 0 amide bonds. The molecule has 99 heavy (non-hydrogen) atoms. The van der Waals surface area contributed by atoms with E-state index < -0.39 is 41.8 Å². The fourth-order valence-corrected chi connectivity index (χ4v) is 11.8. The van der Waals surface area contributed by atoms with Crippen molar-refractivity contribution in [2.45, 2.75) is 203 Å². The molecular formula is C81H108O18. The quantitative estimate of drug-likeness (QED) is 0.0153. The molecule has 0 saturated carbocycles. The maximum atomic E-state index is 13.1. The van der Waals surface area contributed by atoms with Gasteiger partial charge >= 0.3 is 41.8 Å². The Morgan fingerprint density at radius 2 is 0.485 bits per heavy atom. The summed E-state index contributed by atoms with van der Waals surface area (Å²) in [5.41, 5.74) is 11.2. The number of hydrogen-bond donors (Lipinski definition) is 0. The summed E-state index contributed by atoms with van der Waals surface area (Å²) in [4.78, 5) is 88.3. The van der Waals surface area contributed by atoms with E-state index in [1.54, 1.807) is 20.8 Å². The number of aryl methyl sites for hydroxylation is 4. The molecule has 0 fully saturated rings. The molecule has 0 heterocycles. The van der Waals surface area contributed by atoms with Crippen LogP contribution in [0.15, 0.2) is 97.6 Å². The third-order valence-electron chi connectivity index (χ3n) is 16.4. The van der Waals surface area contributed by atoms with Crippen molar-refractivity contribution in [1.29, 1.82) is 0 Å². The van der Waals surface area contributed by atoms with Gasteiger partial charge in [0.15, 0.2) is 0 Å². The van der Waals surface area contributed by atoms with Crippen molar-refractivity contribution < 1.29 is 85.7 Å². The molecule has 0 atom stereocenters. The molecule has 0 unspecified atom stereocenters. The number of ether oxygens (including phenoxy) is 11. The predicted octanol–water partition coefficient (Wildman–Crippen LogP) is 15.1. The Morgan fingerprint density at radius 3 is 0.677 bits per heavy atom. The molecule has 8 bridgehead atoms. The Kier molecular flexibility index (Phi) is 38.7. The molecule has 18 heteroatoms. The highest BCUT2D eigenvalue weighted by Crippen LogP contribution is 2.42. The van der Waals surface area contributed by atoms with Crippen molar-refractivity contribution in [2.24, 2.45) is 0 Å². The van der Waals surface area contributed by atoms with E-state index in [1.807, 2.05) is 0 Å². The topological polar surface area (TPSA) is 221 Å². The van der Waals surface area contributed by atoms with Crippen LogP contribution in [0.2, 0.25) is 0 Å². The molecule has 540 valence electrons. The van der Waals surface area contributed by atoms with Gasteiger partial charge in [0.1, 0.15) is 75.9 Å². The highest BCUT2D eigenvalue weighted by atomic mass is 16.6. The van der Waals surface area contributed by atoms with Crippen molar-refractivity contribution >= 4 is 41.8 Å². The van der Waals surface area contributed by atoms with Crippen molar-refractivity contribution in [1.82, 2.24) is 0 Å². The van der Waals surface area contributed by atoms with Crippen molar-refractivity contribution in [3.8, 4) is 23.0 Å². The Hall–Kier alpha value is -8.67. The molecule has 1 aliphatic rings. The Balaban J connectivity index is 1.91. The Morgan fingerprint density at radius 1 is 0.283 bits per heavy atom. The number of hydrogen-bond acceptors (Lipinski definition) is 18. The van der Waals surface area contributed by atoms with Crippen molar-refractivity contribution in [3.63, 3.8) is 0 Å². The van der Waals surface area contributed by atoms with Crippen LogP contribution < -0.4 is 18.9 Å². The van der Waals surface area contributed by atoms with Crippen LogP contribution in [0.3, 0.4) is 0 Å². The average molecular weight is 1370 g/mol. The molecule has 5 rings (SSSR count). The minimum atomic E-state index is -0.745. The molecule has 0 saturated heterocycles. The average Bonchev–Trinajstić information content (AvgIpc) is 0.777. The first-order valence-electron chi connectivity index (χ1n) is 36.1. The molecule has 0 aliphatic heterocycles. The standard InChI is InChI=1S/C81H108O18/c1-9-17-21-25-29-59-47-63-55-65-49-60(30-26-22-18-10-2)51-67(79(65)97-44-40-93-75(86)36-33-72(83)89-14-6)57-69-53-62(32-28-24-20-12-4)54-70(81(69)99-46-42-95-77(88)38-35-74(85)91-16-8)58-68-52-61(31-27-23-19-11-3)50-66(56-64(48-59)78(63)96-43-39-92-71(82)13-5)80(68)98-45-41-94-76(87)37-34-73(84)90-15-7/h13,33-38,47-54H,5,9-12,14-32,39-46,55-58H2,1-4,6-8H3/b36-33-,37-34-,38-35-. The van der Waals surface area contributed by atoms with E-state index >= 15 is 0 Å². The highest BCUT2D eigenvalue weighted by Gasteiger charge is 2.26. The van der Waals surface area contributed by atoms with E-state index in [9.17, 15) is 33.6 Å². The fourth-order valence-electron chi connectivity index (χ4n) is 11.8. The van der Waals surface area contributed by atoms with Gasteiger partial charge in [0.2, 0.25) is 0 Å². The largest absolute Gasteiger partial charge is 0.489 e. The highest BCUT2D eigenvalue weighted by molar-refractivity contribution is 5.93. The lowest BCUT2D eigenvalue weighted by atomic mass is 9.87. The Bertz CT molecular complexity index is 3150. The Labute approximate surface area is 587 Å². The van der Waals surface area contributed by atoms with Crippen molar-refractivity contribution in [2.75, 3.05) is 72.7 Å². The van der Waals surface area contributed by atoms with E-state index in [4.69, 9.17) is 52.1 Å².